The summed E-state index contributed by atoms with van der Waals surface area (Å²) < 4.78 is 32.5. The average Bonchev–Trinajstić information content (AvgIpc) is 2.37. The third-order valence-electron chi connectivity index (χ3n) is 3.64. The molecule has 5 nitrogen and oxygen atoms in total. The predicted molar refractivity (Wildman–Crippen MR) is 78.2 cm³/mol. The van der Waals surface area contributed by atoms with E-state index >= 15 is 0 Å². The van der Waals surface area contributed by atoms with Gasteiger partial charge in [-0.1, -0.05) is 6.07 Å². The topological polar surface area (TPSA) is 72.8 Å². The molecule has 0 saturated carbocycles. The van der Waals surface area contributed by atoms with E-state index < -0.39 is 20.7 Å². The molecule has 0 bridgehead atoms. The first kappa shape index (κ1) is 16.8. The Bertz CT molecular complexity index is 563. The molecular formula is C14H22O5S. The summed E-state index contributed by atoms with van der Waals surface area (Å²) in [7, 11) is -0.289. The van der Waals surface area contributed by atoms with Crippen LogP contribution in [0.15, 0.2) is 18.2 Å². The summed E-state index contributed by atoms with van der Waals surface area (Å²) >= 11 is 0. The lowest BCUT2D eigenvalue weighted by atomic mass is 9.98. The molecule has 0 aliphatic rings. The molecule has 1 unspecified atom stereocenters. The summed E-state index contributed by atoms with van der Waals surface area (Å²) in [6.07, 6.45) is 0.348. The summed E-state index contributed by atoms with van der Waals surface area (Å²) in [6.45, 7) is 3.04. The molecule has 114 valence electrons. The maximum atomic E-state index is 11.7. The van der Waals surface area contributed by atoms with Crippen molar-refractivity contribution in [2.45, 2.75) is 31.1 Å². The van der Waals surface area contributed by atoms with Crippen LogP contribution in [0.4, 0.5) is 0 Å². The van der Waals surface area contributed by atoms with Crippen LogP contribution < -0.4 is 9.47 Å². The zero-order valence-corrected chi connectivity index (χ0v) is 13.3. The third kappa shape index (κ3) is 3.43. The molecular weight excluding hydrogens is 280 g/mol. The number of hydrogen-bond acceptors (Lipinski definition) is 5. The van der Waals surface area contributed by atoms with E-state index in [1.165, 1.54) is 21.0 Å². The summed E-state index contributed by atoms with van der Waals surface area (Å²) in [5.74, 6) is 1.14. The maximum absolute atomic E-state index is 11.7. The van der Waals surface area contributed by atoms with Crippen molar-refractivity contribution in [3.8, 4) is 11.5 Å². The summed E-state index contributed by atoms with van der Waals surface area (Å²) in [5, 5.41) is 10.2. The Morgan fingerprint density at radius 1 is 1.20 bits per heavy atom. The number of aliphatic hydroxyl groups excluding tert-OH is 1. The van der Waals surface area contributed by atoms with Crippen molar-refractivity contribution in [1.29, 1.82) is 0 Å². The van der Waals surface area contributed by atoms with Crippen LogP contribution in [-0.4, -0.2) is 44.9 Å². The summed E-state index contributed by atoms with van der Waals surface area (Å²) in [4.78, 5) is 0. The molecule has 0 aromatic heterocycles. The molecule has 20 heavy (non-hydrogen) atoms. The Labute approximate surface area is 120 Å². The van der Waals surface area contributed by atoms with Crippen LogP contribution in [0, 0.1) is 0 Å². The molecule has 1 aromatic carbocycles. The fraction of sp³-hybridized carbons (Fsp3) is 0.571. The first-order chi connectivity index (χ1) is 9.13. The van der Waals surface area contributed by atoms with Crippen LogP contribution in [0.1, 0.15) is 19.4 Å². The van der Waals surface area contributed by atoms with E-state index in [2.05, 4.69) is 0 Å². The van der Waals surface area contributed by atoms with Gasteiger partial charge in [-0.15, -0.1) is 0 Å². The normalized spacial score (nSPS) is 13.9. The van der Waals surface area contributed by atoms with Crippen LogP contribution in [0.25, 0.3) is 0 Å². The fourth-order valence-electron chi connectivity index (χ4n) is 1.72. The zero-order chi connectivity index (χ0) is 15.6. The van der Waals surface area contributed by atoms with Gasteiger partial charge in [0.15, 0.2) is 21.3 Å². The van der Waals surface area contributed by atoms with Gasteiger partial charge in [-0.05, 0) is 31.5 Å². The number of sulfone groups is 1. The molecule has 0 aliphatic carbocycles. The van der Waals surface area contributed by atoms with Crippen molar-refractivity contribution in [2.24, 2.45) is 0 Å². The molecule has 1 aromatic rings. The van der Waals surface area contributed by atoms with Crippen LogP contribution in [0.5, 0.6) is 11.5 Å². The first-order valence-corrected chi connectivity index (χ1v) is 8.11. The zero-order valence-electron chi connectivity index (χ0n) is 12.5. The standard InChI is InChI=1S/C14H22O5S/c1-14(2,20(5,16)17)13(15)9-10-6-7-11(18-3)12(8-10)19-4/h6-8,13,15H,9H2,1-5H3. The maximum Gasteiger partial charge on any atom is 0.160 e. The van der Waals surface area contributed by atoms with E-state index in [9.17, 15) is 13.5 Å². The second-order valence-electron chi connectivity index (χ2n) is 5.28. The molecule has 0 saturated heterocycles. The Balaban J connectivity index is 3.00. The quantitative estimate of drug-likeness (QED) is 0.860. The number of methoxy groups -OCH3 is 2. The van der Waals surface area contributed by atoms with Gasteiger partial charge < -0.3 is 14.6 Å². The highest BCUT2D eigenvalue weighted by Gasteiger charge is 2.37. The first-order valence-electron chi connectivity index (χ1n) is 6.22. The molecule has 0 aliphatic heterocycles. The van der Waals surface area contributed by atoms with E-state index in [0.717, 1.165) is 11.8 Å². The van der Waals surface area contributed by atoms with Crippen molar-refractivity contribution in [3.05, 3.63) is 23.8 Å². The highest BCUT2D eigenvalue weighted by atomic mass is 32.2. The van der Waals surface area contributed by atoms with Gasteiger partial charge in [0.05, 0.1) is 25.1 Å². The van der Waals surface area contributed by atoms with E-state index in [-0.39, 0.29) is 6.42 Å². The highest BCUT2D eigenvalue weighted by Crippen LogP contribution is 2.30. The van der Waals surface area contributed by atoms with Crippen LogP contribution in [0.3, 0.4) is 0 Å². The molecule has 0 spiro atoms. The smallest absolute Gasteiger partial charge is 0.160 e. The van der Waals surface area contributed by atoms with Crippen molar-refractivity contribution >= 4 is 9.84 Å². The molecule has 1 atom stereocenters. The van der Waals surface area contributed by atoms with Crippen molar-refractivity contribution < 1.29 is 23.0 Å². The van der Waals surface area contributed by atoms with E-state index in [1.807, 2.05) is 0 Å². The van der Waals surface area contributed by atoms with Crippen molar-refractivity contribution in [1.82, 2.24) is 0 Å². The predicted octanol–water partition coefficient (Wildman–Crippen LogP) is 1.43. The van der Waals surface area contributed by atoms with Gasteiger partial charge in [-0.2, -0.15) is 0 Å². The van der Waals surface area contributed by atoms with Crippen LogP contribution in [0.2, 0.25) is 0 Å². The molecule has 0 heterocycles. The van der Waals surface area contributed by atoms with Crippen molar-refractivity contribution in [2.75, 3.05) is 20.5 Å². The number of hydrogen-bond donors (Lipinski definition) is 1. The number of benzene rings is 1. The monoisotopic (exact) mass is 302 g/mol. The molecule has 6 heteroatoms. The molecule has 0 amide bonds. The van der Waals surface area contributed by atoms with Crippen molar-refractivity contribution in [3.63, 3.8) is 0 Å². The Morgan fingerprint density at radius 2 is 1.75 bits per heavy atom. The van der Waals surface area contributed by atoms with E-state index in [1.54, 1.807) is 25.3 Å². The molecule has 0 radical (unpaired) electrons. The molecule has 1 rings (SSSR count). The SMILES string of the molecule is COc1ccc(CC(O)C(C)(C)S(C)(=O)=O)cc1OC. The van der Waals surface area contributed by atoms with Gasteiger partial charge in [-0.3, -0.25) is 0 Å². The van der Waals surface area contributed by atoms with Gasteiger partial charge in [0, 0.05) is 12.7 Å². The van der Waals surface area contributed by atoms with Gasteiger partial charge in [-0.25, -0.2) is 8.42 Å². The van der Waals surface area contributed by atoms with Crippen LogP contribution in [-0.2, 0) is 16.3 Å². The fourth-order valence-corrected chi connectivity index (χ4v) is 2.30. The third-order valence-corrected chi connectivity index (χ3v) is 5.82. The lowest BCUT2D eigenvalue weighted by molar-refractivity contribution is 0.138. The lowest BCUT2D eigenvalue weighted by Crippen LogP contribution is -2.44. The van der Waals surface area contributed by atoms with Gasteiger partial charge in [0.1, 0.15) is 0 Å². The summed E-state index contributed by atoms with van der Waals surface area (Å²) in [5.41, 5.74) is 0.784. The average molecular weight is 302 g/mol. The van der Waals surface area contributed by atoms with Gasteiger partial charge in [0.25, 0.3) is 0 Å². The number of ether oxygens (including phenoxy) is 2. The van der Waals surface area contributed by atoms with Gasteiger partial charge in [0.2, 0.25) is 0 Å². The second-order valence-corrected chi connectivity index (χ2v) is 7.88. The number of rotatable bonds is 6. The minimum Gasteiger partial charge on any atom is -0.493 e. The van der Waals surface area contributed by atoms with E-state index in [4.69, 9.17) is 9.47 Å². The Morgan fingerprint density at radius 3 is 2.20 bits per heavy atom. The van der Waals surface area contributed by atoms with E-state index in [0.29, 0.717) is 11.5 Å². The molecule has 0 fully saturated rings. The minimum atomic E-state index is -3.36. The van der Waals surface area contributed by atoms with Gasteiger partial charge >= 0.3 is 0 Å². The van der Waals surface area contributed by atoms with Crippen LogP contribution >= 0.6 is 0 Å². The Kier molecular flexibility index (Phi) is 5.05. The largest absolute Gasteiger partial charge is 0.493 e. The lowest BCUT2D eigenvalue weighted by Gasteiger charge is -2.28. The highest BCUT2D eigenvalue weighted by molar-refractivity contribution is 7.92. The summed E-state index contributed by atoms with van der Waals surface area (Å²) in [6, 6.07) is 5.25. The molecule has 1 N–H and O–H groups in total. The second kappa shape index (κ2) is 6.01. The minimum absolute atomic E-state index is 0.223. The number of aliphatic hydroxyl groups is 1. The Hall–Kier alpha value is -1.27.